The van der Waals surface area contributed by atoms with Crippen LogP contribution in [0.2, 0.25) is 0 Å². The number of aliphatic hydroxyl groups excluding tert-OH is 1. The van der Waals surface area contributed by atoms with Crippen molar-refractivity contribution in [3.05, 3.63) is 35.1 Å². The van der Waals surface area contributed by atoms with Crippen LogP contribution in [0.15, 0.2) is 23.2 Å². The number of benzene rings is 1. The molecule has 0 atom stereocenters. The first-order valence-electron chi connectivity index (χ1n) is 6.97. The standard InChI is InChI=1S/C15H24FN3O.HI/c1-4-17-15(18-8-11(2)3)19-9-12-5-6-14(16)13(7-12)10-20;/h5-7,11,20H,4,8-10H2,1-3H3,(H2,17,18,19);1H. The van der Waals surface area contributed by atoms with Crippen molar-refractivity contribution in [1.82, 2.24) is 10.6 Å². The van der Waals surface area contributed by atoms with Crippen molar-refractivity contribution < 1.29 is 9.50 Å². The second-order valence-corrected chi connectivity index (χ2v) is 5.05. The molecular formula is C15H25FIN3O. The predicted molar refractivity (Wildman–Crippen MR) is 95.4 cm³/mol. The Morgan fingerprint density at radius 1 is 1.33 bits per heavy atom. The molecule has 6 heteroatoms. The molecule has 0 heterocycles. The van der Waals surface area contributed by atoms with Crippen LogP contribution in [0.3, 0.4) is 0 Å². The fourth-order valence-electron chi connectivity index (χ4n) is 1.66. The summed E-state index contributed by atoms with van der Waals surface area (Å²) in [7, 11) is 0. The zero-order valence-corrected chi connectivity index (χ0v) is 15.1. The van der Waals surface area contributed by atoms with Gasteiger partial charge in [0.15, 0.2) is 5.96 Å². The van der Waals surface area contributed by atoms with Gasteiger partial charge in [-0.1, -0.05) is 19.9 Å². The smallest absolute Gasteiger partial charge is 0.191 e. The van der Waals surface area contributed by atoms with E-state index in [1.165, 1.54) is 6.07 Å². The monoisotopic (exact) mass is 409 g/mol. The van der Waals surface area contributed by atoms with Crippen LogP contribution >= 0.6 is 24.0 Å². The molecule has 21 heavy (non-hydrogen) atoms. The minimum absolute atomic E-state index is 0. The van der Waals surface area contributed by atoms with Crippen LogP contribution in [-0.4, -0.2) is 24.2 Å². The summed E-state index contributed by atoms with van der Waals surface area (Å²) in [6.45, 7) is 8.05. The number of hydrogen-bond donors (Lipinski definition) is 3. The molecule has 1 aromatic rings. The van der Waals surface area contributed by atoms with E-state index in [4.69, 9.17) is 5.11 Å². The van der Waals surface area contributed by atoms with E-state index in [0.717, 1.165) is 24.6 Å². The molecule has 0 radical (unpaired) electrons. The van der Waals surface area contributed by atoms with Crippen LogP contribution in [0.1, 0.15) is 31.9 Å². The topological polar surface area (TPSA) is 56.7 Å². The number of halogens is 2. The van der Waals surface area contributed by atoms with Crippen molar-refractivity contribution in [1.29, 1.82) is 0 Å². The molecule has 120 valence electrons. The van der Waals surface area contributed by atoms with Crippen molar-refractivity contribution in [2.45, 2.75) is 33.9 Å². The zero-order valence-electron chi connectivity index (χ0n) is 12.8. The average molecular weight is 409 g/mol. The summed E-state index contributed by atoms with van der Waals surface area (Å²) in [6.07, 6.45) is 0. The van der Waals surface area contributed by atoms with Gasteiger partial charge in [-0.2, -0.15) is 0 Å². The predicted octanol–water partition coefficient (Wildman–Crippen LogP) is 2.65. The van der Waals surface area contributed by atoms with Gasteiger partial charge in [0.05, 0.1) is 13.2 Å². The Labute approximate surface area is 143 Å². The maximum Gasteiger partial charge on any atom is 0.191 e. The molecule has 0 aliphatic carbocycles. The van der Waals surface area contributed by atoms with Gasteiger partial charge in [0.1, 0.15) is 5.82 Å². The van der Waals surface area contributed by atoms with E-state index in [1.807, 2.05) is 6.92 Å². The summed E-state index contributed by atoms with van der Waals surface area (Å²) in [5, 5.41) is 15.5. The molecule has 0 unspecified atom stereocenters. The van der Waals surface area contributed by atoms with Crippen molar-refractivity contribution >= 4 is 29.9 Å². The number of aliphatic hydroxyl groups is 1. The van der Waals surface area contributed by atoms with Gasteiger partial charge in [0.25, 0.3) is 0 Å². The molecular weight excluding hydrogens is 384 g/mol. The molecule has 0 aliphatic heterocycles. The van der Waals surface area contributed by atoms with Gasteiger partial charge in [-0.05, 0) is 30.5 Å². The van der Waals surface area contributed by atoms with Crippen LogP contribution in [0.4, 0.5) is 4.39 Å². The number of hydrogen-bond acceptors (Lipinski definition) is 2. The molecule has 0 saturated carbocycles. The summed E-state index contributed by atoms with van der Waals surface area (Å²) in [6, 6.07) is 4.69. The third-order valence-corrected chi connectivity index (χ3v) is 2.72. The number of nitrogens with one attached hydrogen (secondary N) is 2. The zero-order chi connectivity index (χ0) is 15.0. The Morgan fingerprint density at radius 3 is 2.62 bits per heavy atom. The molecule has 0 spiro atoms. The SMILES string of the molecule is CCNC(=NCc1ccc(F)c(CO)c1)NCC(C)C.I. The highest BCUT2D eigenvalue weighted by Crippen LogP contribution is 2.11. The maximum atomic E-state index is 13.3. The first-order valence-corrected chi connectivity index (χ1v) is 6.97. The molecule has 3 N–H and O–H groups in total. The molecule has 0 bridgehead atoms. The summed E-state index contributed by atoms with van der Waals surface area (Å²) in [4.78, 5) is 4.45. The van der Waals surface area contributed by atoms with Crippen molar-refractivity contribution in [2.75, 3.05) is 13.1 Å². The molecule has 4 nitrogen and oxygen atoms in total. The van der Waals surface area contributed by atoms with Crippen LogP contribution in [-0.2, 0) is 13.2 Å². The van der Waals surface area contributed by atoms with E-state index in [2.05, 4.69) is 29.5 Å². The Hall–Kier alpha value is -0.890. The minimum atomic E-state index is -0.384. The molecule has 0 amide bonds. The molecule has 0 fully saturated rings. The Balaban J connectivity index is 0.00000400. The number of aliphatic imine (C=N–C) groups is 1. The van der Waals surface area contributed by atoms with Gasteiger partial charge in [0, 0.05) is 18.7 Å². The first kappa shape index (κ1) is 20.1. The molecule has 0 aliphatic rings. The summed E-state index contributed by atoms with van der Waals surface area (Å²) < 4.78 is 13.3. The molecule has 0 saturated heterocycles. The first-order chi connectivity index (χ1) is 9.56. The largest absolute Gasteiger partial charge is 0.392 e. The van der Waals surface area contributed by atoms with Gasteiger partial charge < -0.3 is 15.7 Å². The number of rotatable bonds is 6. The number of nitrogens with zero attached hydrogens (tertiary/aromatic N) is 1. The highest BCUT2D eigenvalue weighted by atomic mass is 127. The van der Waals surface area contributed by atoms with Crippen LogP contribution < -0.4 is 10.6 Å². The fourth-order valence-corrected chi connectivity index (χ4v) is 1.66. The average Bonchev–Trinajstić information content (AvgIpc) is 2.43. The Bertz CT molecular complexity index is 453. The van der Waals surface area contributed by atoms with E-state index in [9.17, 15) is 4.39 Å². The highest BCUT2D eigenvalue weighted by molar-refractivity contribution is 14.0. The van der Waals surface area contributed by atoms with Gasteiger partial charge >= 0.3 is 0 Å². The summed E-state index contributed by atoms with van der Waals surface area (Å²) in [5.74, 6) is 0.895. The lowest BCUT2D eigenvalue weighted by Crippen LogP contribution is -2.39. The van der Waals surface area contributed by atoms with Crippen molar-refractivity contribution in [3.8, 4) is 0 Å². The second kappa shape index (κ2) is 10.8. The maximum absolute atomic E-state index is 13.3. The molecule has 1 aromatic carbocycles. The van der Waals surface area contributed by atoms with Gasteiger partial charge in [-0.15, -0.1) is 24.0 Å². The van der Waals surface area contributed by atoms with E-state index < -0.39 is 0 Å². The van der Waals surface area contributed by atoms with E-state index in [0.29, 0.717) is 18.0 Å². The summed E-state index contributed by atoms with van der Waals surface area (Å²) >= 11 is 0. The summed E-state index contributed by atoms with van der Waals surface area (Å²) in [5.41, 5.74) is 1.18. The van der Waals surface area contributed by atoms with Gasteiger partial charge in [0.2, 0.25) is 0 Å². The lowest BCUT2D eigenvalue weighted by Gasteiger charge is -2.13. The Morgan fingerprint density at radius 2 is 2.05 bits per heavy atom. The minimum Gasteiger partial charge on any atom is -0.392 e. The van der Waals surface area contributed by atoms with Crippen molar-refractivity contribution in [3.63, 3.8) is 0 Å². The van der Waals surface area contributed by atoms with E-state index in [1.54, 1.807) is 12.1 Å². The van der Waals surface area contributed by atoms with Gasteiger partial charge in [-0.25, -0.2) is 9.38 Å². The van der Waals surface area contributed by atoms with E-state index in [-0.39, 0.29) is 36.4 Å². The second-order valence-electron chi connectivity index (χ2n) is 5.05. The molecule has 0 aromatic heterocycles. The highest BCUT2D eigenvalue weighted by Gasteiger charge is 2.03. The van der Waals surface area contributed by atoms with Crippen LogP contribution in [0.25, 0.3) is 0 Å². The molecule has 1 rings (SSSR count). The number of guanidine groups is 1. The fraction of sp³-hybridized carbons (Fsp3) is 0.533. The Kier molecular flexibility index (Phi) is 10.3. The van der Waals surface area contributed by atoms with Crippen LogP contribution in [0.5, 0.6) is 0 Å². The van der Waals surface area contributed by atoms with Crippen LogP contribution in [0, 0.1) is 11.7 Å². The van der Waals surface area contributed by atoms with Gasteiger partial charge in [-0.3, -0.25) is 0 Å². The van der Waals surface area contributed by atoms with Crippen molar-refractivity contribution in [2.24, 2.45) is 10.9 Å². The lowest BCUT2D eigenvalue weighted by atomic mass is 10.1. The lowest BCUT2D eigenvalue weighted by molar-refractivity contribution is 0.275. The third-order valence-electron chi connectivity index (χ3n) is 2.72. The third kappa shape index (κ3) is 7.61. The normalized spacial score (nSPS) is 11.2. The quantitative estimate of drug-likeness (QED) is 0.385. The van der Waals surface area contributed by atoms with E-state index >= 15 is 0 Å².